The predicted octanol–water partition coefficient (Wildman–Crippen LogP) is 3.24. The van der Waals surface area contributed by atoms with Gasteiger partial charge in [0.05, 0.1) is 18.2 Å². The number of carbonyl (C=O) groups is 2. The van der Waals surface area contributed by atoms with Crippen molar-refractivity contribution >= 4 is 11.9 Å². The zero-order valence-corrected chi connectivity index (χ0v) is 17.6. The smallest absolute Gasteiger partial charge is 0.303 e. The molecule has 3 rings (SSSR count). The van der Waals surface area contributed by atoms with Gasteiger partial charge in [-0.3, -0.25) is 9.59 Å². The summed E-state index contributed by atoms with van der Waals surface area (Å²) in [6.45, 7) is 10.9. The predicted molar refractivity (Wildman–Crippen MR) is 105 cm³/mol. The van der Waals surface area contributed by atoms with E-state index in [1.807, 2.05) is 34.6 Å². The van der Waals surface area contributed by atoms with E-state index in [-0.39, 0.29) is 12.5 Å². The van der Waals surface area contributed by atoms with E-state index >= 15 is 0 Å². The lowest BCUT2D eigenvalue weighted by atomic mass is 9.84. The molecule has 2 aliphatic rings. The van der Waals surface area contributed by atoms with Gasteiger partial charge in [-0.25, -0.2) is 0 Å². The number of carbonyl (C=O) groups excluding carboxylic acids is 2. The fourth-order valence-corrected chi connectivity index (χ4v) is 3.75. The summed E-state index contributed by atoms with van der Waals surface area (Å²) in [5.74, 6) is 0.395. The van der Waals surface area contributed by atoms with Crippen molar-refractivity contribution in [3.63, 3.8) is 0 Å². The van der Waals surface area contributed by atoms with E-state index < -0.39 is 29.3 Å². The summed E-state index contributed by atoms with van der Waals surface area (Å²) < 4.78 is 17.6. The van der Waals surface area contributed by atoms with Gasteiger partial charge in [0.2, 0.25) is 0 Å². The zero-order chi connectivity index (χ0) is 21.6. The molecule has 1 aromatic rings. The van der Waals surface area contributed by atoms with Gasteiger partial charge in [0, 0.05) is 18.6 Å². The van der Waals surface area contributed by atoms with Crippen molar-refractivity contribution in [3.05, 3.63) is 41.2 Å². The molecule has 7 heteroatoms. The van der Waals surface area contributed by atoms with Gasteiger partial charge in [-0.05, 0) is 52.8 Å². The first-order chi connectivity index (χ1) is 13.4. The molecule has 0 unspecified atom stereocenters. The number of esters is 1. The van der Waals surface area contributed by atoms with Crippen LogP contribution in [0.25, 0.3) is 0 Å². The summed E-state index contributed by atoms with van der Waals surface area (Å²) in [4.78, 5) is 26.4. The minimum atomic E-state index is -0.884. The molecule has 29 heavy (non-hydrogen) atoms. The molecule has 7 nitrogen and oxygen atoms in total. The zero-order valence-electron chi connectivity index (χ0n) is 17.6. The van der Waals surface area contributed by atoms with Crippen LogP contribution in [0.3, 0.4) is 0 Å². The number of nitriles is 1. The van der Waals surface area contributed by atoms with Crippen molar-refractivity contribution in [2.75, 3.05) is 6.54 Å². The van der Waals surface area contributed by atoms with Crippen molar-refractivity contribution in [2.24, 2.45) is 0 Å². The molecule has 2 atom stereocenters. The third-order valence-corrected chi connectivity index (χ3v) is 4.76. The topological polar surface area (TPSA) is 88.9 Å². The van der Waals surface area contributed by atoms with Gasteiger partial charge in [-0.2, -0.15) is 5.26 Å². The highest BCUT2D eigenvalue weighted by Crippen LogP contribution is 2.46. The molecule has 0 spiro atoms. The van der Waals surface area contributed by atoms with E-state index in [0.717, 1.165) is 0 Å². The van der Waals surface area contributed by atoms with E-state index in [2.05, 4.69) is 6.07 Å². The van der Waals surface area contributed by atoms with Crippen LogP contribution < -0.4 is 4.74 Å². The molecule has 0 saturated heterocycles. The highest BCUT2D eigenvalue weighted by Gasteiger charge is 2.51. The van der Waals surface area contributed by atoms with Gasteiger partial charge in [-0.1, -0.05) is 0 Å². The lowest BCUT2D eigenvalue weighted by Crippen LogP contribution is -2.55. The summed E-state index contributed by atoms with van der Waals surface area (Å²) in [6.07, 6.45) is 0.708. The average molecular weight is 398 g/mol. The molecule has 2 aliphatic heterocycles. The van der Waals surface area contributed by atoms with E-state index in [1.54, 1.807) is 23.1 Å². The van der Waals surface area contributed by atoms with Gasteiger partial charge in [-0.15, -0.1) is 0 Å². The number of amides is 1. The fourth-order valence-electron chi connectivity index (χ4n) is 3.75. The van der Waals surface area contributed by atoms with Crippen LogP contribution >= 0.6 is 0 Å². The maximum atomic E-state index is 12.9. The second-order valence-electron chi connectivity index (χ2n) is 8.84. The van der Waals surface area contributed by atoms with Crippen molar-refractivity contribution in [1.29, 1.82) is 5.26 Å². The molecule has 0 saturated carbocycles. The second-order valence-corrected chi connectivity index (χ2v) is 8.84. The van der Waals surface area contributed by atoms with E-state index in [1.165, 1.54) is 13.0 Å². The lowest BCUT2D eigenvalue weighted by Gasteiger charge is -2.46. The first kappa shape index (κ1) is 20.7. The molecular formula is C22H26N2O5. The summed E-state index contributed by atoms with van der Waals surface area (Å²) in [6, 6.07) is 6.56. The van der Waals surface area contributed by atoms with E-state index in [9.17, 15) is 14.9 Å². The summed E-state index contributed by atoms with van der Waals surface area (Å²) in [7, 11) is 0. The number of hydrogen-bond acceptors (Lipinski definition) is 6. The van der Waals surface area contributed by atoms with Crippen LogP contribution in [0.2, 0.25) is 0 Å². The molecule has 0 aliphatic carbocycles. The number of ether oxygens (including phenoxy) is 3. The van der Waals surface area contributed by atoms with Gasteiger partial charge >= 0.3 is 5.97 Å². The molecule has 0 bridgehead atoms. The molecule has 0 fully saturated rings. The molecule has 0 aromatic heterocycles. The third-order valence-electron chi connectivity index (χ3n) is 4.76. The molecule has 0 radical (unpaired) electrons. The number of benzene rings is 1. The molecule has 1 amide bonds. The Hall–Kier alpha value is -3.01. The highest BCUT2D eigenvalue weighted by molar-refractivity contribution is 5.91. The highest BCUT2D eigenvalue weighted by atomic mass is 16.6. The van der Waals surface area contributed by atoms with Gasteiger partial charge in [0.15, 0.2) is 6.10 Å². The largest absolute Gasteiger partial charge is 0.490 e. The second kappa shape index (κ2) is 7.11. The van der Waals surface area contributed by atoms with Crippen LogP contribution in [0.4, 0.5) is 0 Å². The Kier molecular flexibility index (Phi) is 5.08. The maximum absolute atomic E-state index is 12.9. The van der Waals surface area contributed by atoms with E-state index in [0.29, 0.717) is 22.6 Å². The minimum Gasteiger partial charge on any atom is -0.490 e. The Balaban J connectivity index is 2.07. The monoisotopic (exact) mass is 398 g/mol. The van der Waals surface area contributed by atoms with Gasteiger partial charge < -0.3 is 19.1 Å². The summed E-state index contributed by atoms with van der Waals surface area (Å²) in [5.41, 5.74) is -0.262. The van der Waals surface area contributed by atoms with Crippen LogP contribution in [0.1, 0.15) is 58.7 Å². The van der Waals surface area contributed by atoms with Crippen LogP contribution in [0.15, 0.2) is 30.0 Å². The van der Waals surface area contributed by atoms with Crippen molar-refractivity contribution < 1.29 is 23.8 Å². The van der Waals surface area contributed by atoms with Crippen LogP contribution in [-0.2, 0) is 19.1 Å². The quantitative estimate of drug-likeness (QED) is 0.726. The minimum absolute atomic E-state index is 0.239. The Bertz CT molecular complexity index is 920. The van der Waals surface area contributed by atoms with Gasteiger partial charge in [0.25, 0.3) is 5.91 Å². The number of fused-ring (bicyclic) bond motifs is 1. The Morgan fingerprint density at radius 1 is 1.34 bits per heavy atom. The van der Waals surface area contributed by atoms with Crippen molar-refractivity contribution in [3.8, 4) is 11.8 Å². The summed E-state index contributed by atoms with van der Waals surface area (Å²) >= 11 is 0. The molecular weight excluding hydrogens is 372 g/mol. The molecule has 1 aromatic carbocycles. The molecule has 2 heterocycles. The lowest BCUT2D eigenvalue weighted by molar-refractivity contribution is -0.171. The third kappa shape index (κ3) is 4.21. The maximum Gasteiger partial charge on any atom is 0.303 e. The number of hydrogen-bond donors (Lipinski definition) is 0. The SMILES string of the molecule is CC(=O)O[C@@H]1[C@@H](N2CC(OC(C)(C)C)=CC2=O)c2cc(C#N)ccc2OC1(C)C. The van der Waals surface area contributed by atoms with Gasteiger partial charge in [0.1, 0.15) is 28.8 Å². The molecule has 0 N–H and O–H groups in total. The van der Waals surface area contributed by atoms with Crippen molar-refractivity contribution in [2.45, 2.75) is 64.9 Å². The Labute approximate surface area is 170 Å². The molecule has 154 valence electrons. The van der Waals surface area contributed by atoms with Crippen LogP contribution in [-0.4, -0.2) is 40.6 Å². The fraction of sp³-hybridized carbons (Fsp3) is 0.500. The Morgan fingerprint density at radius 3 is 2.62 bits per heavy atom. The Morgan fingerprint density at radius 2 is 2.03 bits per heavy atom. The van der Waals surface area contributed by atoms with Crippen LogP contribution in [0, 0.1) is 11.3 Å². The average Bonchev–Trinajstić information content (AvgIpc) is 2.92. The summed E-state index contributed by atoms with van der Waals surface area (Å²) in [5, 5.41) is 9.34. The first-order valence-corrected chi connectivity index (χ1v) is 9.52. The van der Waals surface area contributed by atoms with E-state index in [4.69, 9.17) is 14.2 Å². The number of rotatable bonds is 3. The number of nitrogens with zero attached hydrogens (tertiary/aromatic N) is 2. The van der Waals surface area contributed by atoms with Crippen LogP contribution in [0.5, 0.6) is 5.75 Å². The first-order valence-electron chi connectivity index (χ1n) is 9.52. The van der Waals surface area contributed by atoms with Crippen molar-refractivity contribution in [1.82, 2.24) is 4.90 Å². The standard InChI is InChI=1S/C22H26N2O5/c1-13(25)27-20-19(24-12-15(10-18(24)26)28-21(2,3)4)16-9-14(11-23)7-8-17(16)29-22(20,5)6/h7-10,19-20H,12H2,1-6H3/t19-,20+/m0/s1. The normalized spacial score (nSPS) is 22.9.